The third-order valence-electron chi connectivity index (χ3n) is 4.81. The molecule has 0 saturated carbocycles. The van der Waals surface area contributed by atoms with E-state index in [9.17, 15) is 14.0 Å². The minimum absolute atomic E-state index is 0.0451. The minimum Gasteiger partial charge on any atom is -0.380 e. The van der Waals surface area contributed by atoms with Crippen molar-refractivity contribution in [1.82, 2.24) is 4.90 Å². The Kier molecular flexibility index (Phi) is 5.47. The van der Waals surface area contributed by atoms with Gasteiger partial charge in [-0.25, -0.2) is 4.39 Å². The lowest BCUT2D eigenvalue weighted by atomic mass is 9.99. The molecule has 3 rings (SSSR count). The zero-order chi connectivity index (χ0) is 18.7. The van der Waals surface area contributed by atoms with E-state index in [2.05, 4.69) is 0 Å². The highest BCUT2D eigenvalue weighted by atomic mass is 19.1. The number of carbonyl (C=O) groups excluding carboxylic acids is 2. The quantitative estimate of drug-likeness (QED) is 0.780. The maximum absolute atomic E-state index is 14.2. The van der Waals surface area contributed by atoms with Crippen molar-refractivity contribution >= 4 is 11.7 Å². The Bertz CT molecular complexity index is 817. The second-order valence-corrected chi connectivity index (χ2v) is 6.58. The van der Waals surface area contributed by atoms with Crippen LogP contribution in [-0.4, -0.2) is 42.9 Å². The highest BCUT2D eigenvalue weighted by molar-refractivity contribution is 5.96. The summed E-state index contributed by atoms with van der Waals surface area (Å²) in [5.74, 6) is -0.555. The number of benzene rings is 2. The molecule has 5 heteroatoms. The van der Waals surface area contributed by atoms with Crippen molar-refractivity contribution < 1.29 is 18.7 Å². The number of rotatable bonds is 4. The predicted molar refractivity (Wildman–Crippen MR) is 97.8 cm³/mol. The molecule has 2 aromatic carbocycles. The SMILES string of the molecule is COC1CCCN(C(=O)c2ccc(-c3cc(C(C)=O)ccc3F)cc2)C1. The Morgan fingerprint density at radius 1 is 1.12 bits per heavy atom. The lowest BCUT2D eigenvalue weighted by Crippen LogP contribution is -2.42. The molecule has 0 aromatic heterocycles. The fourth-order valence-corrected chi connectivity index (χ4v) is 3.26. The zero-order valence-corrected chi connectivity index (χ0v) is 15.0. The molecule has 26 heavy (non-hydrogen) atoms. The van der Waals surface area contributed by atoms with Gasteiger partial charge < -0.3 is 9.64 Å². The van der Waals surface area contributed by atoms with Gasteiger partial charge in [0.15, 0.2) is 5.78 Å². The van der Waals surface area contributed by atoms with Gasteiger partial charge in [-0.15, -0.1) is 0 Å². The lowest BCUT2D eigenvalue weighted by molar-refractivity contribution is 0.0269. The Morgan fingerprint density at radius 2 is 1.81 bits per heavy atom. The van der Waals surface area contributed by atoms with Crippen molar-refractivity contribution in [2.24, 2.45) is 0 Å². The van der Waals surface area contributed by atoms with E-state index in [1.165, 1.54) is 19.1 Å². The number of ketones is 1. The Balaban J connectivity index is 1.81. The Labute approximate surface area is 152 Å². The summed E-state index contributed by atoms with van der Waals surface area (Å²) < 4.78 is 19.5. The van der Waals surface area contributed by atoms with Crippen molar-refractivity contribution in [3.05, 3.63) is 59.4 Å². The highest BCUT2D eigenvalue weighted by Gasteiger charge is 2.24. The summed E-state index contributed by atoms with van der Waals surface area (Å²) in [6.07, 6.45) is 1.96. The number of piperidine rings is 1. The van der Waals surface area contributed by atoms with E-state index in [-0.39, 0.29) is 17.8 Å². The number of halogens is 1. The molecule has 4 nitrogen and oxygen atoms in total. The summed E-state index contributed by atoms with van der Waals surface area (Å²) in [6, 6.07) is 11.1. The third kappa shape index (κ3) is 3.83. The highest BCUT2D eigenvalue weighted by Crippen LogP contribution is 2.25. The molecule has 1 heterocycles. The van der Waals surface area contributed by atoms with Crippen LogP contribution in [0.4, 0.5) is 4.39 Å². The summed E-state index contributed by atoms with van der Waals surface area (Å²) in [6.45, 7) is 2.76. The van der Waals surface area contributed by atoms with Gasteiger partial charge in [0, 0.05) is 36.9 Å². The summed E-state index contributed by atoms with van der Waals surface area (Å²) in [4.78, 5) is 26.0. The van der Waals surface area contributed by atoms with Crippen LogP contribution < -0.4 is 0 Å². The van der Waals surface area contributed by atoms with Crippen LogP contribution in [0.15, 0.2) is 42.5 Å². The van der Waals surface area contributed by atoms with Gasteiger partial charge in [0.1, 0.15) is 5.82 Å². The van der Waals surface area contributed by atoms with Gasteiger partial charge >= 0.3 is 0 Å². The van der Waals surface area contributed by atoms with Crippen LogP contribution in [0.5, 0.6) is 0 Å². The van der Waals surface area contributed by atoms with Gasteiger partial charge in [0.2, 0.25) is 0 Å². The molecule has 1 atom stereocenters. The first-order valence-electron chi connectivity index (χ1n) is 8.72. The maximum Gasteiger partial charge on any atom is 0.253 e. The number of ether oxygens (including phenoxy) is 1. The molecule has 1 unspecified atom stereocenters. The van der Waals surface area contributed by atoms with Crippen LogP contribution in [0.1, 0.15) is 40.5 Å². The van der Waals surface area contributed by atoms with E-state index < -0.39 is 5.82 Å². The Morgan fingerprint density at radius 3 is 2.46 bits per heavy atom. The number of nitrogens with zero attached hydrogens (tertiary/aromatic N) is 1. The van der Waals surface area contributed by atoms with E-state index >= 15 is 0 Å². The van der Waals surface area contributed by atoms with Crippen molar-refractivity contribution in [1.29, 1.82) is 0 Å². The van der Waals surface area contributed by atoms with Crippen LogP contribution >= 0.6 is 0 Å². The molecule has 0 radical (unpaired) electrons. The van der Waals surface area contributed by atoms with Crippen molar-refractivity contribution in [3.63, 3.8) is 0 Å². The molecule has 1 aliphatic rings. The van der Waals surface area contributed by atoms with Crippen molar-refractivity contribution in [2.45, 2.75) is 25.9 Å². The average molecular weight is 355 g/mol. The van der Waals surface area contributed by atoms with Crippen LogP contribution in [0, 0.1) is 5.82 Å². The summed E-state index contributed by atoms with van der Waals surface area (Å²) >= 11 is 0. The first kappa shape index (κ1) is 18.3. The Hall–Kier alpha value is -2.53. The lowest BCUT2D eigenvalue weighted by Gasteiger charge is -2.32. The van der Waals surface area contributed by atoms with Crippen LogP contribution in [-0.2, 0) is 4.74 Å². The monoisotopic (exact) mass is 355 g/mol. The van der Waals surface area contributed by atoms with Gasteiger partial charge in [-0.2, -0.15) is 0 Å². The van der Waals surface area contributed by atoms with Crippen molar-refractivity contribution in [3.8, 4) is 11.1 Å². The van der Waals surface area contributed by atoms with Gasteiger partial charge in [0.25, 0.3) is 5.91 Å². The molecular formula is C21H22FNO3. The smallest absolute Gasteiger partial charge is 0.253 e. The fraction of sp³-hybridized carbons (Fsp3) is 0.333. The topological polar surface area (TPSA) is 46.6 Å². The second-order valence-electron chi connectivity index (χ2n) is 6.58. The maximum atomic E-state index is 14.2. The van der Waals surface area contributed by atoms with Gasteiger partial charge in [-0.05, 0) is 55.7 Å². The molecule has 1 aliphatic heterocycles. The largest absolute Gasteiger partial charge is 0.380 e. The normalized spacial score (nSPS) is 17.2. The van der Waals surface area contributed by atoms with Gasteiger partial charge in [-0.1, -0.05) is 12.1 Å². The molecular weight excluding hydrogens is 333 g/mol. The van der Waals surface area contributed by atoms with Crippen molar-refractivity contribution in [2.75, 3.05) is 20.2 Å². The number of carbonyl (C=O) groups is 2. The first-order valence-corrected chi connectivity index (χ1v) is 8.72. The van der Waals surface area contributed by atoms with Crippen LogP contribution in [0.25, 0.3) is 11.1 Å². The van der Waals surface area contributed by atoms with Crippen LogP contribution in [0.3, 0.4) is 0 Å². The number of hydrogen-bond donors (Lipinski definition) is 0. The molecule has 2 aromatic rings. The zero-order valence-electron chi connectivity index (χ0n) is 15.0. The molecule has 0 N–H and O–H groups in total. The van der Waals surface area contributed by atoms with E-state index in [4.69, 9.17) is 4.74 Å². The molecule has 0 bridgehead atoms. The molecule has 136 valence electrons. The van der Waals surface area contributed by atoms with E-state index in [0.29, 0.717) is 28.8 Å². The van der Waals surface area contributed by atoms with E-state index in [1.807, 2.05) is 0 Å². The third-order valence-corrected chi connectivity index (χ3v) is 4.81. The molecule has 0 spiro atoms. The second kappa shape index (κ2) is 7.79. The fourth-order valence-electron chi connectivity index (χ4n) is 3.26. The number of likely N-dealkylation sites (tertiary alicyclic amines) is 1. The standard InChI is InChI=1S/C21H22FNO3/c1-14(24)17-9-10-20(22)19(12-17)15-5-7-16(8-6-15)21(25)23-11-3-4-18(13-23)26-2/h5-10,12,18H,3-4,11,13H2,1-2H3. The van der Waals surface area contributed by atoms with Gasteiger partial charge in [0.05, 0.1) is 6.10 Å². The number of hydrogen-bond acceptors (Lipinski definition) is 3. The summed E-state index contributed by atoms with van der Waals surface area (Å²) in [5, 5.41) is 0. The molecule has 0 aliphatic carbocycles. The number of methoxy groups -OCH3 is 1. The predicted octanol–water partition coefficient (Wildman–Crippen LogP) is 3.95. The minimum atomic E-state index is -0.395. The summed E-state index contributed by atoms with van der Waals surface area (Å²) in [7, 11) is 1.66. The van der Waals surface area contributed by atoms with Crippen LogP contribution in [0.2, 0.25) is 0 Å². The first-order chi connectivity index (χ1) is 12.5. The molecule has 1 amide bonds. The molecule has 1 saturated heterocycles. The van der Waals surface area contributed by atoms with Gasteiger partial charge in [-0.3, -0.25) is 9.59 Å². The number of amides is 1. The number of Topliss-reactive ketones (excluding diaryl/α,β-unsaturated/α-hetero) is 1. The van der Waals surface area contributed by atoms with E-state index in [0.717, 1.165) is 19.4 Å². The van der Waals surface area contributed by atoms with E-state index in [1.54, 1.807) is 42.3 Å². The molecule has 1 fully saturated rings. The average Bonchev–Trinajstić information content (AvgIpc) is 2.68. The summed E-state index contributed by atoms with van der Waals surface area (Å²) in [5.41, 5.74) is 2.01.